The van der Waals surface area contributed by atoms with Crippen LogP contribution in [0.2, 0.25) is 0 Å². The molecule has 2 fully saturated rings. The van der Waals surface area contributed by atoms with Crippen molar-refractivity contribution in [2.75, 3.05) is 23.7 Å². The van der Waals surface area contributed by atoms with Crippen molar-refractivity contribution < 1.29 is 4.79 Å². The molecule has 1 amide bonds. The summed E-state index contributed by atoms with van der Waals surface area (Å²) in [6.45, 7) is 2.15. The first-order valence-corrected chi connectivity index (χ1v) is 9.29. The number of aromatic nitrogens is 2. The van der Waals surface area contributed by atoms with E-state index in [9.17, 15) is 4.79 Å². The van der Waals surface area contributed by atoms with E-state index in [0.29, 0.717) is 11.8 Å². The molecule has 0 aromatic carbocycles. The quantitative estimate of drug-likeness (QED) is 0.667. The number of nitrogens with one attached hydrogen (secondary N) is 1. The lowest BCUT2D eigenvalue weighted by Gasteiger charge is -2.27. The van der Waals surface area contributed by atoms with Gasteiger partial charge in [-0.25, -0.2) is 9.97 Å². The van der Waals surface area contributed by atoms with Gasteiger partial charge >= 0.3 is 0 Å². The fourth-order valence-corrected chi connectivity index (χ4v) is 3.86. The zero-order chi connectivity index (χ0) is 15.2. The van der Waals surface area contributed by atoms with E-state index in [0.717, 1.165) is 36.8 Å². The van der Waals surface area contributed by atoms with Gasteiger partial charge in [-0.05, 0) is 32.1 Å². The van der Waals surface area contributed by atoms with E-state index in [2.05, 4.69) is 20.2 Å². The fraction of sp³-hybridized carbons (Fsp3) is 0.688. The summed E-state index contributed by atoms with van der Waals surface area (Å²) < 4.78 is 0. The Morgan fingerprint density at radius 2 is 1.95 bits per heavy atom. The molecular formula is C16H24N4OS. The molecule has 2 aliphatic rings. The summed E-state index contributed by atoms with van der Waals surface area (Å²) in [5.74, 6) is 1.55. The normalized spacial score (nSPS) is 19.4. The van der Waals surface area contributed by atoms with Gasteiger partial charge in [0.1, 0.15) is 17.2 Å². The van der Waals surface area contributed by atoms with Crippen molar-refractivity contribution in [3.63, 3.8) is 0 Å². The van der Waals surface area contributed by atoms with Crippen LogP contribution in [0.3, 0.4) is 0 Å². The number of carbonyl (C=O) groups is 1. The van der Waals surface area contributed by atoms with Crippen molar-refractivity contribution in [1.29, 1.82) is 0 Å². The van der Waals surface area contributed by atoms with Gasteiger partial charge in [0.25, 0.3) is 0 Å². The third-order valence-corrected chi connectivity index (χ3v) is 5.30. The van der Waals surface area contributed by atoms with Crippen LogP contribution in [0.15, 0.2) is 17.4 Å². The Bertz CT molecular complexity index is 499. The van der Waals surface area contributed by atoms with Gasteiger partial charge in [-0.1, -0.05) is 24.6 Å². The van der Waals surface area contributed by atoms with Crippen LogP contribution in [0.1, 0.15) is 44.9 Å². The van der Waals surface area contributed by atoms with Gasteiger partial charge in [0, 0.05) is 25.2 Å². The van der Waals surface area contributed by atoms with Crippen LogP contribution in [-0.4, -0.2) is 40.8 Å². The number of thioether (sulfide) groups is 1. The molecule has 1 saturated carbocycles. The monoisotopic (exact) mass is 320 g/mol. The van der Waals surface area contributed by atoms with Gasteiger partial charge in [0.15, 0.2) is 0 Å². The van der Waals surface area contributed by atoms with Crippen LogP contribution in [-0.2, 0) is 4.79 Å². The number of hydrogen-bond donors (Lipinski definition) is 1. The standard InChI is InChI=1S/C16H24N4OS/c21-15(19-13-6-2-3-7-13)11-22-16-10-14(17-12-18-16)20-8-4-1-5-9-20/h10,12-13H,1-9,11H2,(H,19,21). The van der Waals surface area contributed by atoms with Crippen molar-refractivity contribution in [3.05, 3.63) is 12.4 Å². The summed E-state index contributed by atoms with van der Waals surface area (Å²) in [6.07, 6.45) is 10.1. The summed E-state index contributed by atoms with van der Waals surface area (Å²) in [7, 11) is 0. The Balaban J connectivity index is 1.50. The van der Waals surface area contributed by atoms with Gasteiger partial charge in [-0.15, -0.1) is 0 Å². The molecule has 0 atom stereocenters. The molecule has 1 aromatic rings. The predicted molar refractivity (Wildman–Crippen MR) is 89.2 cm³/mol. The summed E-state index contributed by atoms with van der Waals surface area (Å²) in [4.78, 5) is 22.9. The summed E-state index contributed by atoms with van der Waals surface area (Å²) in [6, 6.07) is 2.40. The van der Waals surface area contributed by atoms with Crippen LogP contribution in [0, 0.1) is 0 Å². The molecule has 0 spiro atoms. The first-order valence-electron chi connectivity index (χ1n) is 8.30. The SMILES string of the molecule is O=C(CSc1cc(N2CCCCC2)ncn1)NC1CCCC1. The molecule has 3 rings (SSSR count). The van der Waals surface area contributed by atoms with Crippen molar-refractivity contribution in [3.8, 4) is 0 Å². The van der Waals surface area contributed by atoms with Gasteiger partial charge in [-0.2, -0.15) is 0 Å². The highest BCUT2D eigenvalue weighted by Gasteiger charge is 2.17. The molecule has 0 radical (unpaired) electrons. The van der Waals surface area contributed by atoms with Crippen LogP contribution >= 0.6 is 11.8 Å². The lowest BCUT2D eigenvalue weighted by molar-refractivity contribution is -0.119. The van der Waals surface area contributed by atoms with Crippen molar-refractivity contribution in [2.45, 2.75) is 56.0 Å². The first-order chi connectivity index (χ1) is 10.8. The largest absolute Gasteiger partial charge is 0.356 e. The summed E-state index contributed by atoms with van der Waals surface area (Å²) in [5, 5.41) is 4.00. The second kappa shape index (κ2) is 7.81. The van der Waals surface area contributed by atoms with E-state index in [1.807, 2.05) is 6.07 Å². The number of piperidine rings is 1. The van der Waals surface area contributed by atoms with Gasteiger partial charge in [-0.3, -0.25) is 4.79 Å². The van der Waals surface area contributed by atoms with E-state index >= 15 is 0 Å². The Morgan fingerprint density at radius 1 is 1.18 bits per heavy atom. The highest BCUT2D eigenvalue weighted by atomic mass is 32.2. The van der Waals surface area contributed by atoms with E-state index in [4.69, 9.17) is 0 Å². The molecule has 0 bridgehead atoms. The number of hydrogen-bond acceptors (Lipinski definition) is 5. The number of rotatable bonds is 5. The van der Waals surface area contributed by atoms with E-state index in [-0.39, 0.29) is 5.91 Å². The third kappa shape index (κ3) is 4.35. The molecule has 1 aromatic heterocycles. The van der Waals surface area contributed by atoms with Gasteiger partial charge < -0.3 is 10.2 Å². The molecule has 120 valence electrons. The summed E-state index contributed by atoms with van der Waals surface area (Å²) in [5.41, 5.74) is 0. The maximum Gasteiger partial charge on any atom is 0.230 e. The maximum absolute atomic E-state index is 12.0. The second-order valence-corrected chi connectivity index (χ2v) is 7.10. The molecular weight excluding hydrogens is 296 g/mol. The zero-order valence-electron chi connectivity index (χ0n) is 13.0. The minimum atomic E-state index is 0.120. The average Bonchev–Trinajstić information content (AvgIpc) is 3.07. The Morgan fingerprint density at radius 3 is 2.73 bits per heavy atom. The van der Waals surface area contributed by atoms with Crippen molar-refractivity contribution in [1.82, 2.24) is 15.3 Å². The number of carbonyl (C=O) groups excluding carboxylic acids is 1. The molecule has 1 N–H and O–H groups in total. The highest BCUT2D eigenvalue weighted by molar-refractivity contribution is 7.99. The maximum atomic E-state index is 12.0. The third-order valence-electron chi connectivity index (χ3n) is 4.38. The van der Waals surface area contributed by atoms with Crippen LogP contribution in [0.5, 0.6) is 0 Å². The Kier molecular flexibility index (Phi) is 5.53. The molecule has 0 unspecified atom stereocenters. The van der Waals surface area contributed by atoms with Crippen molar-refractivity contribution >= 4 is 23.5 Å². The lowest BCUT2D eigenvalue weighted by Crippen LogP contribution is -2.33. The van der Waals surface area contributed by atoms with Crippen LogP contribution < -0.4 is 10.2 Å². The topological polar surface area (TPSA) is 58.1 Å². The molecule has 5 nitrogen and oxygen atoms in total. The highest BCUT2D eigenvalue weighted by Crippen LogP contribution is 2.23. The van der Waals surface area contributed by atoms with E-state index < -0.39 is 0 Å². The van der Waals surface area contributed by atoms with Gasteiger partial charge in [0.2, 0.25) is 5.91 Å². The minimum absolute atomic E-state index is 0.120. The number of amides is 1. The Labute approximate surface area is 136 Å². The minimum Gasteiger partial charge on any atom is -0.356 e. The lowest BCUT2D eigenvalue weighted by atomic mass is 10.1. The molecule has 6 heteroatoms. The second-order valence-electron chi connectivity index (χ2n) is 6.10. The van der Waals surface area contributed by atoms with E-state index in [1.54, 1.807) is 6.33 Å². The van der Waals surface area contributed by atoms with Crippen LogP contribution in [0.4, 0.5) is 5.82 Å². The smallest absolute Gasteiger partial charge is 0.230 e. The van der Waals surface area contributed by atoms with E-state index in [1.165, 1.54) is 43.9 Å². The molecule has 2 heterocycles. The summed E-state index contributed by atoms with van der Waals surface area (Å²) >= 11 is 1.50. The predicted octanol–water partition coefficient (Wildman–Crippen LogP) is 2.62. The molecule has 1 aliphatic heterocycles. The number of nitrogens with zero attached hydrogens (tertiary/aromatic N) is 3. The molecule has 22 heavy (non-hydrogen) atoms. The number of anilines is 1. The molecule has 1 saturated heterocycles. The van der Waals surface area contributed by atoms with Gasteiger partial charge in [0.05, 0.1) is 5.75 Å². The van der Waals surface area contributed by atoms with Crippen molar-refractivity contribution in [2.24, 2.45) is 0 Å². The fourth-order valence-electron chi connectivity index (χ4n) is 3.18. The molecule has 1 aliphatic carbocycles. The van der Waals surface area contributed by atoms with Crippen LogP contribution in [0.25, 0.3) is 0 Å². The first kappa shape index (κ1) is 15.6. The average molecular weight is 320 g/mol. The Hall–Kier alpha value is -1.30. The zero-order valence-corrected chi connectivity index (χ0v) is 13.8.